The Morgan fingerprint density at radius 2 is 1.85 bits per heavy atom. The first-order valence-corrected chi connectivity index (χ1v) is 10.7. The molecule has 0 radical (unpaired) electrons. The van der Waals surface area contributed by atoms with Gasteiger partial charge in [0.15, 0.2) is 0 Å². The summed E-state index contributed by atoms with van der Waals surface area (Å²) >= 11 is 7.10. The van der Waals surface area contributed by atoms with E-state index in [1.54, 1.807) is 30.3 Å². The van der Waals surface area contributed by atoms with E-state index in [1.165, 1.54) is 24.5 Å². The molecule has 3 rings (SSSR count). The Balaban J connectivity index is 1.77. The minimum absolute atomic E-state index is 0.311. The van der Waals surface area contributed by atoms with Crippen LogP contribution in [0.1, 0.15) is 10.4 Å². The normalized spacial score (nSPS) is 11.2. The summed E-state index contributed by atoms with van der Waals surface area (Å²) in [6, 6.07) is 13.5. The molecule has 1 heterocycles. The van der Waals surface area contributed by atoms with Gasteiger partial charge in [0, 0.05) is 23.2 Å². The van der Waals surface area contributed by atoms with Crippen LogP contribution in [0.25, 0.3) is 10.6 Å². The Hall–Kier alpha value is -2.49. The van der Waals surface area contributed by atoms with Gasteiger partial charge >= 0.3 is 0 Å². The van der Waals surface area contributed by atoms with Crippen molar-refractivity contribution in [3.8, 4) is 10.6 Å². The van der Waals surface area contributed by atoms with Crippen LogP contribution in [0.15, 0.2) is 48.5 Å². The fourth-order valence-electron chi connectivity index (χ4n) is 2.19. The molecule has 10 heteroatoms. The number of carbonyl (C=O) groups is 1. The van der Waals surface area contributed by atoms with Gasteiger partial charge in [-0.1, -0.05) is 41.1 Å². The van der Waals surface area contributed by atoms with E-state index < -0.39 is 15.9 Å². The number of aromatic nitrogens is 2. The Kier molecular flexibility index (Phi) is 5.45. The van der Waals surface area contributed by atoms with Crippen molar-refractivity contribution in [1.29, 1.82) is 0 Å². The van der Waals surface area contributed by atoms with E-state index in [9.17, 15) is 13.2 Å². The molecule has 0 aliphatic rings. The van der Waals surface area contributed by atoms with Gasteiger partial charge in [-0.15, -0.1) is 10.2 Å². The van der Waals surface area contributed by atoms with E-state index in [1.807, 2.05) is 12.1 Å². The van der Waals surface area contributed by atoms with Crippen LogP contribution >= 0.6 is 22.9 Å². The van der Waals surface area contributed by atoms with Gasteiger partial charge in [0.05, 0.1) is 11.9 Å². The number of nitrogens with zero attached hydrogens (tertiary/aromatic N) is 3. The zero-order chi connectivity index (χ0) is 19.6. The van der Waals surface area contributed by atoms with Gasteiger partial charge in [0.2, 0.25) is 15.2 Å². The standard InChI is InChI=1S/C17H15ClN4O3S2/c1-22(27(2,24)25)14-5-3-4-12(10-14)15(23)19-17-21-20-16(26-17)11-6-8-13(18)9-7-11/h3-10H,1-2H3,(H,19,21,23). The molecule has 0 atom stereocenters. The van der Waals surface area contributed by atoms with Crippen molar-refractivity contribution in [2.75, 3.05) is 22.9 Å². The first kappa shape index (κ1) is 19.3. The largest absolute Gasteiger partial charge is 0.296 e. The molecule has 0 spiro atoms. The lowest BCUT2D eigenvalue weighted by atomic mass is 10.2. The van der Waals surface area contributed by atoms with Gasteiger partial charge < -0.3 is 0 Å². The molecular weight excluding hydrogens is 408 g/mol. The summed E-state index contributed by atoms with van der Waals surface area (Å²) in [5.41, 5.74) is 1.55. The second kappa shape index (κ2) is 7.63. The minimum Gasteiger partial charge on any atom is -0.296 e. The van der Waals surface area contributed by atoms with Crippen LogP contribution in [0, 0.1) is 0 Å². The zero-order valence-electron chi connectivity index (χ0n) is 14.4. The lowest BCUT2D eigenvalue weighted by Gasteiger charge is -2.17. The summed E-state index contributed by atoms with van der Waals surface area (Å²) < 4.78 is 24.4. The van der Waals surface area contributed by atoms with Gasteiger partial charge in [0.1, 0.15) is 5.01 Å². The number of halogens is 1. The summed E-state index contributed by atoms with van der Waals surface area (Å²) in [5, 5.41) is 12.3. The van der Waals surface area contributed by atoms with E-state index in [0.29, 0.717) is 26.4 Å². The van der Waals surface area contributed by atoms with Crippen LogP contribution in [0.5, 0.6) is 0 Å². The fourth-order valence-corrected chi connectivity index (χ4v) is 3.55. The Bertz CT molecular complexity index is 1080. The predicted octanol–water partition coefficient (Wildman–Crippen LogP) is 3.51. The highest BCUT2D eigenvalue weighted by Crippen LogP contribution is 2.27. The van der Waals surface area contributed by atoms with Crippen molar-refractivity contribution in [2.45, 2.75) is 0 Å². The quantitative estimate of drug-likeness (QED) is 0.679. The van der Waals surface area contributed by atoms with Crippen LogP contribution in [-0.2, 0) is 10.0 Å². The highest BCUT2D eigenvalue weighted by molar-refractivity contribution is 7.92. The smallest absolute Gasteiger partial charge is 0.257 e. The van der Waals surface area contributed by atoms with Gasteiger partial charge in [-0.25, -0.2) is 8.42 Å². The molecule has 0 saturated carbocycles. The summed E-state index contributed by atoms with van der Waals surface area (Å²) in [7, 11) is -1.99. The van der Waals surface area contributed by atoms with Gasteiger partial charge in [-0.2, -0.15) is 0 Å². The minimum atomic E-state index is -3.42. The first-order valence-electron chi connectivity index (χ1n) is 7.69. The van der Waals surface area contributed by atoms with Crippen molar-refractivity contribution >= 4 is 49.7 Å². The van der Waals surface area contributed by atoms with Gasteiger partial charge in [-0.05, 0) is 30.3 Å². The Morgan fingerprint density at radius 1 is 1.15 bits per heavy atom. The number of hydrogen-bond donors (Lipinski definition) is 1. The Morgan fingerprint density at radius 3 is 2.52 bits per heavy atom. The van der Waals surface area contributed by atoms with E-state index in [0.717, 1.165) is 16.1 Å². The maximum absolute atomic E-state index is 12.5. The SMILES string of the molecule is CN(c1cccc(C(=O)Nc2nnc(-c3ccc(Cl)cc3)s2)c1)S(C)(=O)=O. The number of carbonyl (C=O) groups excluding carboxylic acids is 1. The number of amides is 1. The van der Waals surface area contributed by atoms with Crippen LogP contribution < -0.4 is 9.62 Å². The maximum Gasteiger partial charge on any atom is 0.257 e. The molecule has 3 aromatic rings. The second-order valence-electron chi connectivity index (χ2n) is 5.65. The lowest BCUT2D eigenvalue weighted by Crippen LogP contribution is -2.25. The molecule has 7 nitrogen and oxygen atoms in total. The van der Waals surface area contributed by atoms with Crippen molar-refractivity contribution < 1.29 is 13.2 Å². The average Bonchev–Trinajstić information content (AvgIpc) is 3.09. The van der Waals surface area contributed by atoms with Crippen molar-refractivity contribution in [3.05, 3.63) is 59.1 Å². The predicted molar refractivity (Wildman–Crippen MR) is 108 cm³/mol. The molecule has 2 aromatic carbocycles. The summed E-state index contributed by atoms with van der Waals surface area (Å²) in [5.74, 6) is -0.405. The van der Waals surface area contributed by atoms with E-state index in [-0.39, 0.29) is 0 Å². The number of rotatable bonds is 5. The fraction of sp³-hybridized carbons (Fsp3) is 0.118. The number of anilines is 2. The Labute approximate surface area is 165 Å². The van der Waals surface area contributed by atoms with Crippen molar-refractivity contribution in [1.82, 2.24) is 10.2 Å². The molecule has 0 aliphatic carbocycles. The van der Waals surface area contributed by atoms with Crippen LogP contribution in [0.4, 0.5) is 10.8 Å². The molecule has 1 aromatic heterocycles. The second-order valence-corrected chi connectivity index (χ2v) is 9.08. The topological polar surface area (TPSA) is 92.3 Å². The number of benzene rings is 2. The molecule has 0 aliphatic heterocycles. The zero-order valence-corrected chi connectivity index (χ0v) is 16.8. The van der Waals surface area contributed by atoms with E-state index in [4.69, 9.17) is 11.6 Å². The molecule has 1 amide bonds. The molecule has 140 valence electrons. The molecule has 0 fully saturated rings. The third-order valence-corrected chi connectivity index (χ3v) is 6.05. The number of hydrogen-bond acceptors (Lipinski definition) is 6. The monoisotopic (exact) mass is 422 g/mol. The van der Waals surface area contributed by atoms with E-state index >= 15 is 0 Å². The third-order valence-electron chi connectivity index (χ3n) is 3.71. The van der Waals surface area contributed by atoms with Crippen molar-refractivity contribution in [3.63, 3.8) is 0 Å². The lowest BCUT2D eigenvalue weighted by molar-refractivity contribution is 0.102. The molecule has 0 saturated heterocycles. The molecule has 1 N–H and O–H groups in total. The van der Waals surface area contributed by atoms with E-state index in [2.05, 4.69) is 15.5 Å². The maximum atomic E-state index is 12.5. The molecule has 27 heavy (non-hydrogen) atoms. The van der Waals surface area contributed by atoms with Crippen molar-refractivity contribution in [2.24, 2.45) is 0 Å². The average molecular weight is 423 g/mol. The van der Waals surface area contributed by atoms with Crippen LogP contribution in [0.3, 0.4) is 0 Å². The molecule has 0 bridgehead atoms. The summed E-state index contributed by atoms with van der Waals surface area (Å²) in [6.45, 7) is 0. The number of nitrogens with one attached hydrogen (secondary N) is 1. The highest BCUT2D eigenvalue weighted by atomic mass is 35.5. The van der Waals surface area contributed by atoms with Crippen LogP contribution in [0.2, 0.25) is 5.02 Å². The summed E-state index contributed by atoms with van der Waals surface area (Å²) in [4.78, 5) is 12.5. The number of sulfonamides is 1. The third kappa shape index (κ3) is 4.62. The van der Waals surface area contributed by atoms with Gasteiger partial charge in [-0.3, -0.25) is 14.4 Å². The summed E-state index contributed by atoms with van der Waals surface area (Å²) in [6.07, 6.45) is 1.10. The van der Waals surface area contributed by atoms with Crippen LogP contribution in [-0.4, -0.2) is 37.8 Å². The highest BCUT2D eigenvalue weighted by Gasteiger charge is 2.15. The molecule has 0 unspecified atom stereocenters. The van der Waals surface area contributed by atoms with Gasteiger partial charge in [0.25, 0.3) is 5.91 Å². The first-order chi connectivity index (χ1) is 12.7. The molecular formula is C17H15ClN4O3S2.